The Labute approximate surface area is 165 Å². The first-order valence-electron chi connectivity index (χ1n) is 9.02. The molecule has 2 aromatic carbocycles. The zero-order valence-corrected chi connectivity index (χ0v) is 15.8. The molecule has 1 amide bonds. The van der Waals surface area contributed by atoms with Crippen molar-refractivity contribution in [3.8, 4) is 0 Å². The minimum Gasteiger partial charge on any atom is -0.393 e. The largest absolute Gasteiger partial charge is 0.393 e. The lowest BCUT2D eigenvalue weighted by atomic mass is 10.1. The van der Waals surface area contributed by atoms with Crippen LogP contribution in [0, 0.1) is 10.1 Å². The molecule has 1 saturated heterocycles. The second-order valence-electron chi connectivity index (χ2n) is 6.81. The molecule has 0 unspecified atom stereocenters. The van der Waals surface area contributed by atoms with E-state index < -0.39 is 4.92 Å². The van der Waals surface area contributed by atoms with Crippen molar-refractivity contribution in [2.75, 3.05) is 23.3 Å². The molecule has 1 aromatic heterocycles. The topological polar surface area (TPSA) is 95.7 Å². The van der Waals surface area contributed by atoms with Gasteiger partial charge in [-0.05, 0) is 49.2 Å². The Morgan fingerprint density at radius 2 is 1.86 bits per heavy atom. The van der Waals surface area contributed by atoms with Crippen molar-refractivity contribution in [3.63, 3.8) is 0 Å². The van der Waals surface area contributed by atoms with Crippen LogP contribution < -0.4 is 10.2 Å². The monoisotopic (exact) mass is 397 g/mol. The molecule has 1 aliphatic rings. The van der Waals surface area contributed by atoms with Gasteiger partial charge in [0.2, 0.25) is 0 Å². The number of fused-ring (bicyclic) bond motifs is 1. The van der Waals surface area contributed by atoms with Crippen LogP contribution in [0.25, 0.3) is 10.1 Å². The van der Waals surface area contributed by atoms with Crippen LogP contribution in [0.5, 0.6) is 0 Å². The summed E-state index contributed by atoms with van der Waals surface area (Å²) >= 11 is 1.30. The summed E-state index contributed by atoms with van der Waals surface area (Å²) in [6.45, 7) is 1.64. The molecule has 0 bridgehead atoms. The van der Waals surface area contributed by atoms with Gasteiger partial charge in [0.25, 0.3) is 11.6 Å². The number of benzene rings is 2. The van der Waals surface area contributed by atoms with E-state index in [2.05, 4.69) is 10.2 Å². The van der Waals surface area contributed by atoms with E-state index in [0.29, 0.717) is 16.0 Å². The lowest BCUT2D eigenvalue weighted by Gasteiger charge is -2.31. The Morgan fingerprint density at radius 3 is 2.54 bits per heavy atom. The molecule has 7 nitrogen and oxygen atoms in total. The van der Waals surface area contributed by atoms with Gasteiger partial charge in [-0.2, -0.15) is 0 Å². The molecule has 0 saturated carbocycles. The van der Waals surface area contributed by atoms with Crippen LogP contribution in [-0.4, -0.2) is 35.1 Å². The second-order valence-corrected chi connectivity index (χ2v) is 7.89. The molecule has 8 heteroatoms. The van der Waals surface area contributed by atoms with Crippen LogP contribution in [0.4, 0.5) is 17.1 Å². The first kappa shape index (κ1) is 18.4. The molecule has 4 rings (SSSR count). The van der Waals surface area contributed by atoms with Crippen molar-refractivity contribution in [2.45, 2.75) is 18.9 Å². The smallest absolute Gasteiger partial charge is 0.270 e. The number of hydrogen-bond donors (Lipinski definition) is 2. The summed E-state index contributed by atoms with van der Waals surface area (Å²) < 4.78 is 0.832. The fraction of sp³-hybridized carbons (Fsp3) is 0.250. The SMILES string of the molecule is O=C(Nc1ccc(N2CCC(O)CC2)cc1)c1cc2cc([N+](=O)[O-])ccc2s1. The quantitative estimate of drug-likeness (QED) is 0.512. The Hall–Kier alpha value is -2.97. The molecular weight excluding hydrogens is 378 g/mol. The number of aliphatic hydroxyl groups is 1. The number of thiophene rings is 1. The number of piperidine rings is 1. The minimum absolute atomic E-state index is 0.0121. The van der Waals surface area contributed by atoms with E-state index in [1.165, 1.54) is 23.5 Å². The van der Waals surface area contributed by atoms with Gasteiger partial charge in [-0.15, -0.1) is 11.3 Å². The van der Waals surface area contributed by atoms with Gasteiger partial charge in [0.1, 0.15) is 0 Å². The minimum atomic E-state index is -0.443. The summed E-state index contributed by atoms with van der Waals surface area (Å²) in [6, 6.07) is 13.9. The maximum absolute atomic E-state index is 12.6. The number of nitrogens with zero attached hydrogens (tertiary/aromatic N) is 2. The molecule has 1 fully saturated rings. The van der Waals surface area contributed by atoms with Crippen molar-refractivity contribution >= 4 is 44.4 Å². The van der Waals surface area contributed by atoms with Crippen molar-refractivity contribution in [2.24, 2.45) is 0 Å². The third kappa shape index (κ3) is 3.83. The standard InChI is InChI=1S/C20H19N3O4S/c24-17-7-9-22(10-8-17)15-3-1-14(2-4-15)21-20(25)19-12-13-11-16(23(26)27)5-6-18(13)28-19/h1-6,11-12,17,24H,7-10H2,(H,21,25). The lowest BCUT2D eigenvalue weighted by molar-refractivity contribution is -0.384. The number of non-ortho nitro benzene ring substituents is 1. The number of carbonyl (C=O) groups excluding carboxylic acids is 1. The first-order valence-corrected chi connectivity index (χ1v) is 9.84. The second kappa shape index (κ2) is 7.57. The molecule has 0 aliphatic carbocycles. The fourth-order valence-corrected chi connectivity index (χ4v) is 4.27. The molecular formula is C20H19N3O4S. The number of nitro groups is 1. The fourth-order valence-electron chi connectivity index (χ4n) is 3.33. The highest BCUT2D eigenvalue weighted by atomic mass is 32.1. The predicted octanol–water partition coefficient (Wildman–Crippen LogP) is 4.02. The van der Waals surface area contributed by atoms with Gasteiger partial charge in [0, 0.05) is 46.7 Å². The van der Waals surface area contributed by atoms with Crippen LogP contribution in [0.2, 0.25) is 0 Å². The average molecular weight is 397 g/mol. The van der Waals surface area contributed by atoms with Gasteiger partial charge in [-0.25, -0.2) is 0 Å². The predicted molar refractivity (Wildman–Crippen MR) is 110 cm³/mol. The maximum Gasteiger partial charge on any atom is 0.270 e. The normalized spacial score (nSPS) is 15.0. The Morgan fingerprint density at radius 1 is 1.14 bits per heavy atom. The van der Waals surface area contributed by atoms with Gasteiger partial charge < -0.3 is 15.3 Å². The number of rotatable bonds is 4. The van der Waals surface area contributed by atoms with Crippen LogP contribution in [0.1, 0.15) is 22.5 Å². The third-order valence-electron chi connectivity index (χ3n) is 4.89. The number of anilines is 2. The highest BCUT2D eigenvalue weighted by Crippen LogP contribution is 2.30. The molecule has 0 atom stereocenters. The van der Waals surface area contributed by atoms with Gasteiger partial charge >= 0.3 is 0 Å². The number of carbonyl (C=O) groups is 1. The van der Waals surface area contributed by atoms with Gasteiger partial charge in [0.05, 0.1) is 15.9 Å². The summed E-state index contributed by atoms with van der Waals surface area (Å²) in [5.74, 6) is -0.238. The van der Waals surface area contributed by atoms with Crippen LogP contribution in [0.3, 0.4) is 0 Å². The van der Waals surface area contributed by atoms with Crippen LogP contribution >= 0.6 is 11.3 Å². The van der Waals surface area contributed by atoms with E-state index in [0.717, 1.165) is 36.3 Å². The lowest BCUT2D eigenvalue weighted by Crippen LogP contribution is -2.35. The molecule has 0 spiro atoms. The van der Waals surface area contributed by atoms with E-state index in [9.17, 15) is 20.0 Å². The molecule has 144 valence electrons. The van der Waals surface area contributed by atoms with Gasteiger partial charge in [0.15, 0.2) is 0 Å². The van der Waals surface area contributed by atoms with Gasteiger partial charge in [-0.3, -0.25) is 14.9 Å². The maximum atomic E-state index is 12.6. The summed E-state index contributed by atoms with van der Waals surface area (Å²) in [5, 5.41) is 24.1. The molecule has 2 heterocycles. The molecule has 0 radical (unpaired) electrons. The summed E-state index contributed by atoms with van der Waals surface area (Å²) in [6.07, 6.45) is 1.32. The molecule has 2 N–H and O–H groups in total. The summed E-state index contributed by atoms with van der Waals surface area (Å²) in [7, 11) is 0. The van der Waals surface area contributed by atoms with E-state index in [1.54, 1.807) is 12.1 Å². The van der Waals surface area contributed by atoms with E-state index >= 15 is 0 Å². The first-order chi connectivity index (χ1) is 13.5. The van der Waals surface area contributed by atoms with Crippen molar-refractivity contribution in [1.82, 2.24) is 0 Å². The highest BCUT2D eigenvalue weighted by Gasteiger charge is 2.17. The van der Waals surface area contributed by atoms with Crippen molar-refractivity contribution in [3.05, 3.63) is 63.5 Å². The van der Waals surface area contributed by atoms with Crippen LogP contribution in [0.15, 0.2) is 48.5 Å². The van der Waals surface area contributed by atoms with Crippen molar-refractivity contribution in [1.29, 1.82) is 0 Å². The Bertz CT molecular complexity index is 1020. The Kier molecular flexibility index (Phi) is 4.97. The summed E-state index contributed by atoms with van der Waals surface area (Å²) in [4.78, 5) is 25.7. The number of amides is 1. The van der Waals surface area contributed by atoms with E-state index in [-0.39, 0.29) is 17.7 Å². The number of nitro benzene ring substituents is 1. The number of hydrogen-bond acceptors (Lipinski definition) is 6. The molecule has 3 aromatic rings. The Balaban J connectivity index is 1.46. The molecule has 28 heavy (non-hydrogen) atoms. The van der Waals surface area contributed by atoms with Gasteiger partial charge in [-0.1, -0.05) is 0 Å². The zero-order valence-electron chi connectivity index (χ0n) is 15.0. The third-order valence-corrected chi connectivity index (χ3v) is 6.00. The number of nitrogens with one attached hydrogen (secondary N) is 1. The van der Waals surface area contributed by atoms with E-state index in [4.69, 9.17) is 0 Å². The zero-order chi connectivity index (χ0) is 19.7. The van der Waals surface area contributed by atoms with Crippen molar-refractivity contribution < 1.29 is 14.8 Å². The summed E-state index contributed by atoms with van der Waals surface area (Å²) in [5.41, 5.74) is 1.77. The van der Waals surface area contributed by atoms with Crippen LogP contribution in [-0.2, 0) is 0 Å². The highest BCUT2D eigenvalue weighted by molar-refractivity contribution is 7.20. The average Bonchev–Trinajstić information content (AvgIpc) is 3.13. The molecule has 1 aliphatic heterocycles. The number of aliphatic hydroxyl groups excluding tert-OH is 1. The van der Waals surface area contributed by atoms with E-state index in [1.807, 2.05) is 24.3 Å².